The SMILES string of the molecule is CCCCNc1ccc(C)cc1.Cc1ccc(NS(=O)(=O)c2ccccc2)cc1. The average Bonchev–Trinajstić information content (AvgIpc) is 2.72. The molecule has 3 aromatic carbocycles. The summed E-state index contributed by atoms with van der Waals surface area (Å²) < 4.78 is 26.5. The Bertz CT molecular complexity index is 952. The van der Waals surface area contributed by atoms with Crippen LogP contribution in [0.2, 0.25) is 0 Å². The number of nitrogens with one attached hydrogen (secondary N) is 2. The Balaban J connectivity index is 0.000000221. The molecule has 0 heterocycles. The third kappa shape index (κ3) is 8.00. The molecule has 3 rings (SSSR count). The summed E-state index contributed by atoms with van der Waals surface area (Å²) in [7, 11) is -3.48. The lowest BCUT2D eigenvalue weighted by atomic mass is 10.2. The van der Waals surface area contributed by atoms with Gasteiger partial charge in [0, 0.05) is 17.9 Å². The second-order valence-electron chi connectivity index (χ2n) is 6.93. The van der Waals surface area contributed by atoms with Crippen LogP contribution in [-0.4, -0.2) is 15.0 Å². The Morgan fingerprint density at radius 2 is 1.24 bits per heavy atom. The summed E-state index contributed by atoms with van der Waals surface area (Å²) in [4.78, 5) is 0.264. The van der Waals surface area contributed by atoms with Crippen LogP contribution in [0.4, 0.5) is 11.4 Å². The van der Waals surface area contributed by atoms with E-state index in [-0.39, 0.29) is 4.90 Å². The molecule has 2 N–H and O–H groups in total. The molecule has 29 heavy (non-hydrogen) atoms. The number of benzene rings is 3. The van der Waals surface area contributed by atoms with E-state index >= 15 is 0 Å². The summed E-state index contributed by atoms with van der Waals surface area (Å²) in [5.41, 5.74) is 4.21. The molecule has 0 atom stereocenters. The van der Waals surface area contributed by atoms with Crippen molar-refractivity contribution in [1.29, 1.82) is 0 Å². The molecule has 154 valence electrons. The van der Waals surface area contributed by atoms with Gasteiger partial charge in [0.1, 0.15) is 0 Å². The molecule has 0 aliphatic rings. The monoisotopic (exact) mass is 410 g/mol. The van der Waals surface area contributed by atoms with Gasteiger partial charge in [-0.05, 0) is 56.7 Å². The molecule has 0 fully saturated rings. The van der Waals surface area contributed by atoms with Crippen LogP contribution in [-0.2, 0) is 10.0 Å². The Hall–Kier alpha value is -2.79. The molecule has 0 aliphatic carbocycles. The molecular weight excluding hydrogens is 380 g/mol. The van der Waals surface area contributed by atoms with Crippen LogP contribution in [0.5, 0.6) is 0 Å². The van der Waals surface area contributed by atoms with Gasteiger partial charge in [-0.25, -0.2) is 8.42 Å². The zero-order chi connectivity index (χ0) is 21.1. The fraction of sp³-hybridized carbons (Fsp3) is 0.250. The van der Waals surface area contributed by atoms with Crippen LogP contribution in [0.1, 0.15) is 30.9 Å². The van der Waals surface area contributed by atoms with Crippen molar-refractivity contribution < 1.29 is 8.42 Å². The lowest BCUT2D eigenvalue weighted by molar-refractivity contribution is 0.601. The summed E-state index contributed by atoms with van der Waals surface area (Å²) in [6.07, 6.45) is 2.49. The van der Waals surface area contributed by atoms with E-state index in [0.717, 1.165) is 12.1 Å². The van der Waals surface area contributed by atoms with Crippen molar-refractivity contribution in [1.82, 2.24) is 0 Å². The van der Waals surface area contributed by atoms with E-state index in [1.54, 1.807) is 42.5 Å². The molecule has 0 amide bonds. The van der Waals surface area contributed by atoms with Gasteiger partial charge in [-0.2, -0.15) is 0 Å². The minimum absolute atomic E-state index is 0.264. The van der Waals surface area contributed by atoms with Gasteiger partial charge in [0.25, 0.3) is 10.0 Å². The normalized spacial score (nSPS) is 10.6. The summed E-state index contributed by atoms with van der Waals surface area (Å²) in [5, 5.41) is 3.37. The highest BCUT2D eigenvalue weighted by Crippen LogP contribution is 2.16. The van der Waals surface area contributed by atoms with Crippen molar-refractivity contribution in [3.63, 3.8) is 0 Å². The van der Waals surface area contributed by atoms with Gasteiger partial charge in [-0.3, -0.25) is 4.72 Å². The van der Waals surface area contributed by atoms with Crippen molar-refractivity contribution in [3.8, 4) is 0 Å². The smallest absolute Gasteiger partial charge is 0.261 e. The predicted molar refractivity (Wildman–Crippen MR) is 123 cm³/mol. The molecule has 3 aromatic rings. The van der Waals surface area contributed by atoms with Crippen LogP contribution in [0, 0.1) is 13.8 Å². The maximum atomic E-state index is 12.0. The van der Waals surface area contributed by atoms with E-state index < -0.39 is 10.0 Å². The number of sulfonamides is 1. The second kappa shape index (κ2) is 11.3. The maximum Gasteiger partial charge on any atom is 0.261 e. The van der Waals surface area contributed by atoms with Gasteiger partial charge < -0.3 is 5.32 Å². The van der Waals surface area contributed by atoms with Crippen molar-refractivity contribution in [2.24, 2.45) is 0 Å². The number of anilines is 2. The van der Waals surface area contributed by atoms with Crippen molar-refractivity contribution in [2.75, 3.05) is 16.6 Å². The highest BCUT2D eigenvalue weighted by Gasteiger charge is 2.12. The fourth-order valence-electron chi connectivity index (χ4n) is 2.52. The lowest BCUT2D eigenvalue weighted by Crippen LogP contribution is -2.12. The Morgan fingerprint density at radius 3 is 1.76 bits per heavy atom. The molecule has 0 radical (unpaired) electrons. The Kier molecular flexibility index (Phi) is 8.74. The number of rotatable bonds is 7. The maximum absolute atomic E-state index is 12.0. The van der Waals surface area contributed by atoms with E-state index in [4.69, 9.17) is 0 Å². The predicted octanol–water partition coefficient (Wildman–Crippen LogP) is 6.00. The number of hydrogen-bond acceptors (Lipinski definition) is 3. The van der Waals surface area contributed by atoms with Crippen LogP contribution in [0.15, 0.2) is 83.8 Å². The van der Waals surface area contributed by atoms with Crippen LogP contribution in [0.3, 0.4) is 0 Å². The molecule has 0 unspecified atom stereocenters. The Morgan fingerprint density at radius 1 is 0.724 bits per heavy atom. The quantitative estimate of drug-likeness (QED) is 0.469. The topological polar surface area (TPSA) is 58.2 Å². The van der Waals surface area contributed by atoms with E-state index in [0.29, 0.717) is 5.69 Å². The minimum atomic E-state index is -3.48. The van der Waals surface area contributed by atoms with E-state index in [1.165, 1.54) is 24.1 Å². The van der Waals surface area contributed by atoms with Gasteiger partial charge in [0.2, 0.25) is 0 Å². The van der Waals surface area contributed by atoms with E-state index in [9.17, 15) is 8.42 Å². The third-order valence-corrected chi connectivity index (χ3v) is 5.67. The Labute approximate surface area is 175 Å². The fourth-order valence-corrected chi connectivity index (χ4v) is 3.60. The zero-order valence-corrected chi connectivity index (χ0v) is 18.2. The van der Waals surface area contributed by atoms with Crippen LogP contribution < -0.4 is 10.0 Å². The van der Waals surface area contributed by atoms with Crippen LogP contribution in [0.25, 0.3) is 0 Å². The molecular formula is C24H30N2O2S. The average molecular weight is 411 g/mol. The summed E-state index contributed by atoms with van der Waals surface area (Å²) in [6.45, 7) is 7.35. The van der Waals surface area contributed by atoms with Crippen LogP contribution >= 0.6 is 0 Å². The van der Waals surface area contributed by atoms with Gasteiger partial charge >= 0.3 is 0 Å². The molecule has 0 aliphatic heterocycles. The largest absolute Gasteiger partial charge is 0.385 e. The van der Waals surface area contributed by atoms with Crippen molar-refractivity contribution in [3.05, 3.63) is 90.0 Å². The van der Waals surface area contributed by atoms with Crippen molar-refractivity contribution in [2.45, 2.75) is 38.5 Å². The van der Waals surface area contributed by atoms with Gasteiger partial charge in [-0.15, -0.1) is 0 Å². The first-order valence-electron chi connectivity index (χ1n) is 9.86. The van der Waals surface area contributed by atoms with Gasteiger partial charge in [0.05, 0.1) is 4.90 Å². The van der Waals surface area contributed by atoms with Gasteiger partial charge in [0.15, 0.2) is 0 Å². The molecule has 0 spiro atoms. The molecule has 5 heteroatoms. The molecule has 0 saturated carbocycles. The summed E-state index contributed by atoms with van der Waals surface area (Å²) in [6, 6.07) is 24.1. The first-order chi connectivity index (χ1) is 13.9. The number of hydrogen-bond donors (Lipinski definition) is 2. The van der Waals surface area contributed by atoms with Gasteiger partial charge in [-0.1, -0.05) is 66.9 Å². The molecule has 0 aromatic heterocycles. The standard InChI is InChI=1S/C13H13NO2S.C11H17N/c1-11-7-9-12(10-8-11)14-17(15,16)13-5-3-2-4-6-13;1-3-4-9-12-11-7-5-10(2)6-8-11/h2-10,14H,1H3;5-8,12H,3-4,9H2,1-2H3. The third-order valence-electron chi connectivity index (χ3n) is 4.27. The van der Waals surface area contributed by atoms with E-state index in [2.05, 4.69) is 48.2 Å². The number of aryl methyl sites for hydroxylation is 2. The first kappa shape index (κ1) is 22.5. The summed E-state index contributed by atoms with van der Waals surface area (Å²) >= 11 is 0. The molecule has 4 nitrogen and oxygen atoms in total. The molecule has 0 bridgehead atoms. The zero-order valence-electron chi connectivity index (χ0n) is 17.4. The highest BCUT2D eigenvalue weighted by atomic mass is 32.2. The minimum Gasteiger partial charge on any atom is -0.385 e. The highest BCUT2D eigenvalue weighted by molar-refractivity contribution is 7.92. The van der Waals surface area contributed by atoms with Crippen molar-refractivity contribution >= 4 is 21.4 Å². The summed E-state index contributed by atoms with van der Waals surface area (Å²) in [5.74, 6) is 0. The lowest BCUT2D eigenvalue weighted by Gasteiger charge is -2.07. The second-order valence-corrected chi connectivity index (χ2v) is 8.61. The van der Waals surface area contributed by atoms with E-state index in [1.807, 2.05) is 19.1 Å². The number of unbranched alkanes of at least 4 members (excludes halogenated alkanes) is 1. The molecule has 0 saturated heterocycles. The first-order valence-corrected chi connectivity index (χ1v) is 11.3.